The van der Waals surface area contributed by atoms with Crippen molar-refractivity contribution >= 4 is 27.7 Å². The zero-order valence-electron chi connectivity index (χ0n) is 13.9. The van der Waals surface area contributed by atoms with Crippen LogP contribution in [0.5, 0.6) is 0 Å². The number of hydrogen-bond acceptors (Lipinski definition) is 4. The Morgan fingerprint density at radius 3 is 2.38 bits per heavy atom. The fraction of sp³-hybridized carbons (Fsp3) is 0.263. The molecule has 0 aliphatic carbocycles. The number of nitrogens with zero attached hydrogens (tertiary/aromatic N) is 2. The van der Waals surface area contributed by atoms with E-state index in [0.29, 0.717) is 11.1 Å². The Kier molecular flexibility index (Phi) is 5.11. The summed E-state index contributed by atoms with van der Waals surface area (Å²) in [7, 11) is 0. The van der Waals surface area contributed by atoms with Crippen molar-refractivity contribution in [1.29, 1.82) is 0 Å². The first-order valence-corrected chi connectivity index (χ1v) is 9.52. The van der Waals surface area contributed by atoms with Crippen LogP contribution in [-0.4, -0.2) is 10.2 Å². The lowest BCUT2D eigenvalue weighted by atomic mass is 9.87. The van der Waals surface area contributed by atoms with Crippen molar-refractivity contribution in [1.82, 2.24) is 10.2 Å². The SMILES string of the molecule is CC(C)(C)c1ccc(-c2nnc(SCc3ccccc3Br)o2)cc1. The van der Waals surface area contributed by atoms with Crippen LogP contribution >= 0.6 is 27.7 Å². The monoisotopic (exact) mass is 402 g/mol. The lowest BCUT2D eigenvalue weighted by molar-refractivity contribution is 0.465. The molecule has 0 unspecified atom stereocenters. The first-order valence-electron chi connectivity index (χ1n) is 7.74. The summed E-state index contributed by atoms with van der Waals surface area (Å²) in [6.45, 7) is 6.60. The molecule has 3 rings (SSSR count). The fourth-order valence-electron chi connectivity index (χ4n) is 2.25. The number of rotatable bonds is 4. The molecule has 1 heterocycles. The highest BCUT2D eigenvalue weighted by molar-refractivity contribution is 9.10. The highest BCUT2D eigenvalue weighted by atomic mass is 79.9. The van der Waals surface area contributed by atoms with E-state index in [4.69, 9.17) is 4.42 Å². The van der Waals surface area contributed by atoms with Crippen LogP contribution in [0.4, 0.5) is 0 Å². The van der Waals surface area contributed by atoms with Gasteiger partial charge < -0.3 is 4.42 Å². The van der Waals surface area contributed by atoms with Crippen molar-refractivity contribution in [3.05, 3.63) is 64.1 Å². The van der Waals surface area contributed by atoms with E-state index >= 15 is 0 Å². The average Bonchev–Trinajstić information content (AvgIpc) is 3.02. The molecule has 0 N–H and O–H groups in total. The van der Waals surface area contributed by atoms with Crippen molar-refractivity contribution in [2.45, 2.75) is 37.2 Å². The standard InChI is InChI=1S/C19H19BrN2OS/c1-19(2,3)15-10-8-13(9-11-15)17-21-22-18(23-17)24-12-14-6-4-5-7-16(14)20/h4-11H,12H2,1-3H3. The Morgan fingerprint density at radius 2 is 1.71 bits per heavy atom. The van der Waals surface area contributed by atoms with Crippen molar-refractivity contribution < 1.29 is 4.42 Å². The van der Waals surface area contributed by atoms with E-state index in [1.807, 2.05) is 30.3 Å². The zero-order chi connectivity index (χ0) is 17.2. The van der Waals surface area contributed by atoms with Crippen molar-refractivity contribution in [2.75, 3.05) is 0 Å². The van der Waals surface area contributed by atoms with Crippen LogP contribution in [0.15, 0.2) is 62.6 Å². The first-order chi connectivity index (χ1) is 11.4. The van der Waals surface area contributed by atoms with Gasteiger partial charge in [-0.1, -0.05) is 78.8 Å². The fourth-order valence-corrected chi connectivity index (χ4v) is 3.63. The van der Waals surface area contributed by atoms with Gasteiger partial charge in [0.25, 0.3) is 5.22 Å². The summed E-state index contributed by atoms with van der Waals surface area (Å²) in [5.74, 6) is 1.34. The van der Waals surface area contributed by atoms with E-state index in [0.717, 1.165) is 15.8 Å². The molecule has 0 saturated carbocycles. The van der Waals surface area contributed by atoms with Gasteiger partial charge in [-0.05, 0) is 34.7 Å². The summed E-state index contributed by atoms with van der Waals surface area (Å²) in [5.41, 5.74) is 3.58. The molecule has 0 saturated heterocycles. The minimum atomic E-state index is 0.136. The molecule has 0 aliphatic heterocycles. The highest BCUT2D eigenvalue weighted by Crippen LogP contribution is 2.29. The lowest BCUT2D eigenvalue weighted by Crippen LogP contribution is -2.10. The average molecular weight is 403 g/mol. The molecule has 24 heavy (non-hydrogen) atoms. The quantitative estimate of drug-likeness (QED) is 0.494. The second-order valence-corrected chi connectivity index (χ2v) is 8.36. The molecule has 0 spiro atoms. The van der Waals surface area contributed by atoms with E-state index in [1.54, 1.807) is 11.8 Å². The third kappa shape index (κ3) is 4.08. The summed E-state index contributed by atoms with van der Waals surface area (Å²) in [6, 6.07) is 16.5. The maximum Gasteiger partial charge on any atom is 0.277 e. The minimum Gasteiger partial charge on any atom is -0.411 e. The van der Waals surface area contributed by atoms with Gasteiger partial charge in [-0.2, -0.15) is 0 Å². The van der Waals surface area contributed by atoms with Crippen LogP contribution in [-0.2, 0) is 11.2 Å². The van der Waals surface area contributed by atoms with Crippen molar-refractivity contribution in [3.8, 4) is 11.5 Å². The minimum absolute atomic E-state index is 0.136. The lowest BCUT2D eigenvalue weighted by Gasteiger charge is -2.18. The number of benzene rings is 2. The second-order valence-electron chi connectivity index (χ2n) is 6.58. The van der Waals surface area contributed by atoms with Gasteiger partial charge in [0.05, 0.1) is 0 Å². The summed E-state index contributed by atoms with van der Waals surface area (Å²) in [5, 5.41) is 8.89. The smallest absolute Gasteiger partial charge is 0.277 e. The van der Waals surface area contributed by atoms with E-state index in [9.17, 15) is 0 Å². The topological polar surface area (TPSA) is 38.9 Å². The first kappa shape index (κ1) is 17.2. The predicted molar refractivity (Wildman–Crippen MR) is 102 cm³/mol. The van der Waals surface area contributed by atoms with Crippen LogP contribution in [0.25, 0.3) is 11.5 Å². The molecular formula is C19H19BrN2OS. The number of halogens is 1. The van der Waals surface area contributed by atoms with Crippen LogP contribution in [0.3, 0.4) is 0 Å². The molecule has 5 heteroatoms. The van der Waals surface area contributed by atoms with Crippen LogP contribution < -0.4 is 0 Å². The Bertz CT molecular complexity index is 822. The zero-order valence-corrected chi connectivity index (χ0v) is 16.3. The Hall–Kier alpha value is -1.59. The van der Waals surface area contributed by atoms with Crippen LogP contribution in [0.2, 0.25) is 0 Å². The molecule has 3 aromatic rings. The van der Waals surface area contributed by atoms with E-state index < -0.39 is 0 Å². The molecule has 1 aromatic heterocycles. The molecule has 0 radical (unpaired) electrons. The summed E-state index contributed by atoms with van der Waals surface area (Å²) >= 11 is 5.09. The summed E-state index contributed by atoms with van der Waals surface area (Å²) in [4.78, 5) is 0. The normalized spacial score (nSPS) is 11.7. The molecule has 0 fully saturated rings. The molecule has 0 aliphatic rings. The van der Waals surface area contributed by atoms with Crippen LogP contribution in [0, 0.1) is 0 Å². The molecule has 124 valence electrons. The van der Waals surface area contributed by atoms with Crippen molar-refractivity contribution in [3.63, 3.8) is 0 Å². The van der Waals surface area contributed by atoms with Gasteiger partial charge in [-0.3, -0.25) is 0 Å². The maximum absolute atomic E-state index is 5.78. The number of thioether (sulfide) groups is 1. The molecule has 3 nitrogen and oxygen atoms in total. The number of hydrogen-bond donors (Lipinski definition) is 0. The Morgan fingerprint density at radius 1 is 1.00 bits per heavy atom. The van der Waals surface area contributed by atoms with E-state index in [1.165, 1.54) is 11.1 Å². The largest absolute Gasteiger partial charge is 0.411 e. The van der Waals surface area contributed by atoms with Gasteiger partial charge in [0.1, 0.15) is 0 Å². The maximum atomic E-state index is 5.78. The second kappa shape index (κ2) is 7.11. The van der Waals surface area contributed by atoms with Gasteiger partial charge in [0.2, 0.25) is 5.89 Å². The third-order valence-electron chi connectivity index (χ3n) is 3.71. The highest BCUT2D eigenvalue weighted by Gasteiger charge is 2.15. The van der Waals surface area contributed by atoms with Crippen molar-refractivity contribution in [2.24, 2.45) is 0 Å². The van der Waals surface area contributed by atoms with Gasteiger partial charge in [-0.25, -0.2) is 0 Å². The Balaban J connectivity index is 1.70. The third-order valence-corrected chi connectivity index (χ3v) is 5.35. The van der Waals surface area contributed by atoms with Crippen LogP contribution in [0.1, 0.15) is 31.9 Å². The Labute approximate surface area is 155 Å². The van der Waals surface area contributed by atoms with E-state index in [2.05, 4.69) is 65.1 Å². The molecule has 0 atom stereocenters. The van der Waals surface area contributed by atoms with Gasteiger partial charge in [0, 0.05) is 15.8 Å². The summed E-state index contributed by atoms with van der Waals surface area (Å²) in [6.07, 6.45) is 0. The summed E-state index contributed by atoms with van der Waals surface area (Å²) < 4.78 is 6.87. The molecular weight excluding hydrogens is 384 g/mol. The molecule has 0 amide bonds. The molecule has 2 aromatic carbocycles. The van der Waals surface area contributed by atoms with Gasteiger partial charge in [0.15, 0.2) is 0 Å². The van der Waals surface area contributed by atoms with Gasteiger partial charge in [-0.15, -0.1) is 10.2 Å². The molecule has 0 bridgehead atoms. The predicted octanol–water partition coefficient (Wildman–Crippen LogP) is 6.09. The van der Waals surface area contributed by atoms with Gasteiger partial charge >= 0.3 is 0 Å². The number of aromatic nitrogens is 2. The van der Waals surface area contributed by atoms with E-state index in [-0.39, 0.29) is 5.41 Å².